The second-order valence-electron chi connectivity index (χ2n) is 8.04. The molecule has 0 aliphatic heterocycles. The monoisotopic (exact) mass is 527 g/mol. The van der Waals surface area contributed by atoms with Gasteiger partial charge in [-0.25, -0.2) is 0 Å². The minimum absolute atomic E-state index is 0.133. The van der Waals surface area contributed by atoms with Crippen molar-refractivity contribution in [3.63, 3.8) is 0 Å². The lowest BCUT2D eigenvalue weighted by Crippen LogP contribution is -2.21. The fourth-order valence-electron chi connectivity index (χ4n) is 3.32. The molecule has 0 unspecified atom stereocenters. The molecule has 0 saturated carbocycles. The zero-order valence-corrected chi connectivity index (χ0v) is 20.5. The van der Waals surface area contributed by atoms with E-state index in [9.17, 15) is 28.0 Å². The van der Waals surface area contributed by atoms with Crippen LogP contribution in [0.5, 0.6) is 5.75 Å². The molecule has 6 nitrogen and oxygen atoms in total. The molecule has 0 saturated heterocycles. The highest BCUT2D eigenvalue weighted by Crippen LogP contribution is 2.31. The molecule has 0 atom stereocenters. The molecule has 0 aliphatic carbocycles. The summed E-state index contributed by atoms with van der Waals surface area (Å²) in [6, 6.07) is 15.7. The van der Waals surface area contributed by atoms with Crippen LogP contribution in [0.4, 0.5) is 24.5 Å². The van der Waals surface area contributed by atoms with Crippen molar-refractivity contribution < 1.29 is 27.5 Å². The number of carbonyl (C=O) groups is 2. The van der Waals surface area contributed by atoms with Crippen LogP contribution in [0.25, 0.3) is 6.08 Å². The van der Waals surface area contributed by atoms with Crippen LogP contribution in [0.1, 0.15) is 22.3 Å². The third-order valence-electron chi connectivity index (χ3n) is 5.10. The Morgan fingerprint density at radius 2 is 1.81 bits per heavy atom. The molecule has 0 aromatic heterocycles. The summed E-state index contributed by atoms with van der Waals surface area (Å²) in [4.78, 5) is 25.0. The lowest BCUT2D eigenvalue weighted by molar-refractivity contribution is -0.137. The second kappa shape index (κ2) is 11.6. The first-order chi connectivity index (χ1) is 17.5. The van der Waals surface area contributed by atoms with Crippen molar-refractivity contribution >= 4 is 40.9 Å². The molecule has 2 N–H and O–H groups in total. The van der Waals surface area contributed by atoms with Crippen molar-refractivity contribution in [1.29, 1.82) is 5.26 Å². The molecule has 0 radical (unpaired) electrons. The number of halogens is 4. The SMILES string of the molecule is Cc1ccc(NC(=O)COc2ccc(Cl)cc2/C=C(\C#N)C(=O)Nc2cccc(C(F)(F)F)c2)c(C)c1. The summed E-state index contributed by atoms with van der Waals surface area (Å²) in [6.07, 6.45) is -3.42. The summed E-state index contributed by atoms with van der Waals surface area (Å²) >= 11 is 6.06. The second-order valence-corrected chi connectivity index (χ2v) is 8.48. The largest absolute Gasteiger partial charge is 0.483 e. The molecule has 3 aromatic rings. The fourth-order valence-corrected chi connectivity index (χ4v) is 3.50. The number of benzene rings is 3. The number of anilines is 2. The molecule has 3 rings (SSSR count). The van der Waals surface area contributed by atoms with E-state index >= 15 is 0 Å². The number of alkyl halides is 3. The Morgan fingerprint density at radius 3 is 2.49 bits per heavy atom. The Morgan fingerprint density at radius 1 is 1.05 bits per heavy atom. The Kier molecular flexibility index (Phi) is 8.58. The smallest absolute Gasteiger partial charge is 0.416 e. The van der Waals surface area contributed by atoms with Gasteiger partial charge in [-0.3, -0.25) is 9.59 Å². The van der Waals surface area contributed by atoms with Crippen molar-refractivity contribution in [2.45, 2.75) is 20.0 Å². The van der Waals surface area contributed by atoms with Gasteiger partial charge >= 0.3 is 6.18 Å². The Hall–Kier alpha value is -4.29. The predicted octanol–water partition coefficient (Wildman–Crippen LogP) is 6.54. The van der Waals surface area contributed by atoms with Gasteiger partial charge < -0.3 is 15.4 Å². The van der Waals surface area contributed by atoms with Crippen LogP contribution in [0.3, 0.4) is 0 Å². The van der Waals surface area contributed by atoms with Gasteiger partial charge in [0.05, 0.1) is 5.56 Å². The zero-order chi connectivity index (χ0) is 27.2. The maximum absolute atomic E-state index is 13.0. The van der Waals surface area contributed by atoms with E-state index in [1.54, 1.807) is 12.1 Å². The third kappa shape index (κ3) is 7.59. The number of amides is 2. The molecule has 2 amide bonds. The first-order valence-electron chi connectivity index (χ1n) is 10.9. The normalized spacial score (nSPS) is 11.4. The van der Waals surface area contributed by atoms with Crippen molar-refractivity contribution in [3.8, 4) is 11.8 Å². The number of aryl methyl sites for hydroxylation is 2. The van der Waals surface area contributed by atoms with Crippen molar-refractivity contribution in [2.75, 3.05) is 17.2 Å². The lowest BCUT2D eigenvalue weighted by atomic mass is 10.1. The molecule has 37 heavy (non-hydrogen) atoms. The van der Waals surface area contributed by atoms with Crippen LogP contribution in [0.15, 0.2) is 66.2 Å². The van der Waals surface area contributed by atoms with Gasteiger partial charge in [0.15, 0.2) is 6.61 Å². The number of hydrogen-bond donors (Lipinski definition) is 2. The Balaban J connectivity index is 1.76. The summed E-state index contributed by atoms with van der Waals surface area (Å²) in [5.41, 5.74) is 1.30. The van der Waals surface area contributed by atoms with E-state index in [-0.39, 0.29) is 28.6 Å². The number of hydrogen-bond acceptors (Lipinski definition) is 4. The minimum Gasteiger partial charge on any atom is -0.483 e. The molecule has 0 bridgehead atoms. The topological polar surface area (TPSA) is 91.2 Å². The van der Waals surface area contributed by atoms with Crippen molar-refractivity contribution in [1.82, 2.24) is 0 Å². The average Bonchev–Trinajstić information content (AvgIpc) is 2.83. The number of nitrogens with zero attached hydrogens (tertiary/aromatic N) is 1. The quantitative estimate of drug-likeness (QED) is 0.269. The number of rotatable bonds is 7. The predicted molar refractivity (Wildman–Crippen MR) is 135 cm³/mol. The first kappa shape index (κ1) is 27.3. The maximum Gasteiger partial charge on any atom is 0.416 e. The molecule has 3 aromatic carbocycles. The number of carbonyl (C=O) groups excluding carboxylic acids is 2. The van der Waals surface area contributed by atoms with Gasteiger partial charge in [-0.15, -0.1) is 0 Å². The van der Waals surface area contributed by atoms with Gasteiger partial charge in [0.25, 0.3) is 11.8 Å². The third-order valence-corrected chi connectivity index (χ3v) is 5.33. The van der Waals surface area contributed by atoms with Crippen LogP contribution in [0.2, 0.25) is 5.02 Å². The summed E-state index contributed by atoms with van der Waals surface area (Å²) < 4.78 is 44.5. The summed E-state index contributed by atoms with van der Waals surface area (Å²) in [5, 5.41) is 14.8. The van der Waals surface area contributed by atoms with Gasteiger partial charge in [-0.2, -0.15) is 18.4 Å². The van der Waals surface area contributed by atoms with E-state index < -0.39 is 29.1 Å². The summed E-state index contributed by atoms with van der Waals surface area (Å²) in [6.45, 7) is 3.43. The van der Waals surface area contributed by atoms with Crippen molar-refractivity contribution in [3.05, 3.63) is 93.5 Å². The first-order valence-corrected chi connectivity index (χ1v) is 11.2. The zero-order valence-electron chi connectivity index (χ0n) is 19.7. The molecule has 190 valence electrons. The van der Waals surface area contributed by atoms with E-state index in [2.05, 4.69) is 10.6 Å². The molecule has 0 aliphatic rings. The average molecular weight is 528 g/mol. The van der Waals surface area contributed by atoms with E-state index in [1.165, 1.54) is 30.3 Å². The van der Waals surface area contributed by atoms with Crippen LogP contribution in [0, 0.1) is 25.2 Å². The van der Waals surface area contributed by atoms with E-state index in [0.29, 0.717) is 5.69 Å². The highest BCUT2D eigenvalue weighted by molar-refractivity contribution is 6.30. The standard InChI is InChI=1S/C27H21ClF3N3O3/c1-16-6-8-23(17(2)10-16)34-25(35)15-37-24-9-7-21(28)12-18(24)11-19(14-32)26(36)33-22-5-3-4-20(13-22)27(29,30)31/h3-13H,15H2,1-2H3,(H,33,36)(H,34,35)/b19-11+. The number of nitriles is 1. The fraction of sp³-hybridized carbons (Fsp3) is 0.148. The highest BCUT2D eigenvalue weighted by Gasteiger charge is 2.30. The molecule has 0 spiro atoms. The minimum atomic E-state index is -4.59. The lowest BCUT2D eigenvalue weighted by Gasteiger charge is -2.12. The van der Waals surface area contributed by atoms with Crippen LogP contribution >= 0.6 is 11.6 Å². The van der Waals surface area contributed by atoms with Crippen molar-refractivity contribution in [2.24, 2.45) is 0 Å². The van der Waals surface area contributed by atoms with Gasteiger partial charge in [-0.05, 0) is 68.0 Å². The molecule has 10 heteroatoms. The highest BCUT2D eigenvalue weighted by atomic mass is 35.5. The van der Waals surface area contributed by atoms with Gasteiger partial charge in [0.1, 0.15) is 17.4 Å². The summed E-state index contributed by atoms with van der Waals surface area (Å²) in [7, 11) is 0. The van der Waals surface area contributed by atoms with Gasteiger partial charge in [0.2, 0.25) is 0 Å². The van der Waals surface area contributed by atoms with E-state index in [4.69, 9.17) is 16.3 Å². The molecular formula is C27H21ClF3N3O3. The Bertz CT molecular complexity index is 1410. The van der Waals surface area contributed by atoms with Crippen LogP contribution in [-0.4, -0.2) is 18.4 Å². The number of nitrogens with one attached hydrogen (secondary N) is 2. The molecular weight excluding hydrogens is 507 g/mol. The van der Waals surface area contributed by atoms with Gasteiger partial charge in [0, 0.05) is 22.0 Å². The van der Waals surface area contributed by atoms with Crippen LogP contribution in [-0.2, 0) is 15.8 Å². The summed E-state index contributed by atoms with van der Waals surface area (Å²) in [5.74, 6) is -1.19. The molecule has 0 fully saturated rings. The van der Waals surface area contributed by atoms with E-state index in [1.807, 2.05) is 26.0 Å². The van der Waals surface area contributed by atoms with Gasteiger partial charge in [-0.1, -0.05) is 35.4 Å². The molecule has 0 heterocycles. The number of ether oxygens (including phenoxy) is 1. The Labute approximate surface area is 216 Å². The van der Waals surface area contributed by atoms with E-state index in [0.717, 1.165) is 29.3 Å². The van der Waals surface area contributed by atoms with Crippen LogP contribution < -0.4 is 15.4 Å². The maximum atomic E-state index is 13.0.